The van der Waals surface area contributed by atoms with Crippen LogP contribution < -0.4 is 20.9 Å². The first-order valence-corrected chi connectivity index (χ1v) is 10.3. The van der Waals surface area contributed by atoms with Crippen molar-refractivity contribution in [3.8, 4) is 11.5 Å². The summed E-state index contributed by atoms with van der Waals surface area (Å²) in [5, 5.41) is 13.0. The molecular weight excluding hydrogens is 410 g/mol. The van der Waals surface area contributed by atoms with Gasteiger partial charge in [-0.2, -0.15) is 0 Å². The maximum absolute atomic E-state index is 12.6. The normalized spacial score (nSPS) is 14.4. The number of pyridine rings is 1. The zero-order valence-corrected chi connectivity index (χ0v) is 17.7. The number of fused-ring (bicyclic) bond motifs is 2. The molecule has 1 atom stereocenters. The molecule has 0 fully saturated rings. The molecule has 1 aliphatic heterocycles. The van der Waals surface area contributed by atoms with Gasteiger partial charge in [0.15, 0.2) is 17.2 Å². The Balaban J connectivity index is 1.94. The van der Waals surface area contributed by atoms with Crippen LogP contribution in [0.25, 0.3) is 0 Å². The van der Waals surface area contributed by atoms with Crippen molar-refractivity contribution in [2.45, 2.75) is 26.0 Å². The fraction of sp³-hybridized carbons (Fsp3) is 0.208. The molecule has 1 amide bonds. The first kappa shape index (κ1) is 21.2. The standard InChI is InChI=1S/C24H23N3O5/c1-3-18(28)17-12-27(21(24(31)25-2)23(30)22(17)29)26-20-15-9-5-4-8-14(15)13-32-19-11-7-6-10-16(19)20/h4-12,20,26,30H,3,13H2,1-2H3,(H,25,31). The maximum Gasteiger partial charge on any atom is 0.273 e. The van der Waals surface area contributed by atoms with Crippen LogP contribution in [-0.4, -0.2) is 28.5 Å². The number of hydrogen-bond donors (Lipinski definition) is 3. The Labute approximate surface area is 184 Å². The Hall–Kier alpha value is -4.07. The highest BCUT2D eigenvalue weighted by atomic mass is 16.5. The van der Waals surface area contributed by atoms with Crippen molar-refractivity contribution >= 4 is 11.7 Å². The fourth-order valence-corrected chi connectivity index (χ4v) is 3.83. The maximum atomic E-state index is 12.6. The van der Waals surface area contributed by atoms with Crippen LogP contribution in [0, 0.1) is 0 Å². The van der Waals surface area contributed by atoms with Crippen LogP contribution in [0.3, 0.4) is 0 Å². The highest BCUT2D eigenvalue weighted by molar-refractivity contribution is 5.99. The van der Waals surface area contributed by atoms with Gasteiger partial charge in [0.1, 0.15) is 12.4 Å². The van der Waals surface area contributed by atoms with Gasteiger partial charge in [0.25, 0.3) is 5.91 Å². The van der Waals surface area contributed by atoms with Crippen LogP contribution in [0.1, 0.15) is 56.9 Å². The van der Waals surface area contributed by atoms with Crippen LogP contribution in [0.15, 0.2) is 59.5 Å². The van der Waals surface area contributed by atoms with E-state index < -0.39 is 28.9 Å². The fourth-order valence-electron chi connectivity index (χ4n) is 3.83. The van der Waals surface area contributed by atoms with Crippen LogP contribution in [0.5, 0.6) is 11.5 Å². The minimum absolute atomic E-state index is 0.0803. The second kappa shape index (κ2) is 8.58. The largest absolute Gasteiger partial charge is 0.502 e. The van der Waals surface area contributed by atoms with Gasteiger partial charge in [-0.1, -0.05) is 49.4 Å². The molecule has 32 heavy (non-hydrogen) atoms. The van der Waals surface area contributed by atoms with E-state index in [0.29, 0.717) is 12.4 Å². The molecule has 0 radical (unpaired) electrons. The Kier molecular flexibility index (Phi) is 5.68. The molecule has 0 bridgehead atoms. The van der Waals surface area contributed by atoms with Gasteiger partial charge in [-0.25, -0.2) is 0 Å². The molecule has 0 aliphatic carbocycles. The van der Waals surface area contributed by atoms with E-state index in [4.69, 9.17) is 4.74 Å². The number of nitrogens with zero attached hydrogens (tertiary/aromatic N) is 1. The SMILES string of the molecule is CCC(=O)c1cn(NC2c3ccccc3COc3ccccc32)c(C(=O)NC)c(O)c1=O. The van der Waals surface area contributed by atoms with E-state index in [1.165, 1.54) is 17.9 Å². The summed E-state index contributed by atoms with van der Waals surface area (Å²) in [6.07, 6.45) is 1.35. The number of hydrogen-bond acceptors (Lipinski definition) is 6. The van der Waals surface area contributed by atoms with Gasteiger partial charge in [0, 0.05) is 25.2 Å². The Morgan fingerprint density at radius 2 is 1.81 bits per heavy atom. The van der Waals surface area contributed by atoms with Gasteiger partial charge >= 0.3 is 0 Å². The van der Waals surface area contributed by atoms with E-state index in [1.807, 2.05) is 48.5 Å². The molecule has 0 spiro atoms. The molecule has 1 aromatic heterocycles. The van der Waals surface area contributed by atoms with E-state index in [1.54, 1.807) is 6.92 Å². The summed E-state index contributed by atoms with van der Waals surface area (Å²) in [7, 11) is 1.39. The molecule has 0 saturated heterocycles. The zero-order chi connectivity index (χ0) is 22.8. The Bertz CT molecular complexity index is 1220. The van der Waals surface area contributed by atoms with Crippen molar-refractivity contribution in [1.82, 2.24) is 9.99 Å². The Morgan fingerprint density at radius 1 is 1.12 bits per heavy atom. The molecule has 2 aromatic carbocycles. The minimum atomic E-state index is -0.876. The third-order valence-electron chi connectivity index (χ3n) is 5.49. The third-order valence-corrected chi connectivity index (χ3v) is 5.49. The molecule has 8 heteroatoms. The Morgan fingerprint density at radius 3 is 2.53 bits per heavy atom. The quantitative estimate of drug-likeness (QED) is 0.534. The van der Waals surface area contributed by atoms with E-state index in [0.717, 1.165) is 16.7 Å². The first-order valence-electron chi connectivity index (χ1n) is 10.3. The molecule has 2 heterocycles. The predicted molar refractivity (Wildman–Crippen MR) is 119 cm³/mol. The van der Waals surface area contributed by atoms with E-state index in [9.17, 15) is 19.5 Å². The molecule has 3 aromatic rings. The lowest BCUT2D eigenvalue weighted by Crippen LogP contribution is -2.34. The van der Waals surface area contributed by atoms with Crippen molar-refractivity contribution in [2.75, 3.05) is 12.5 Å². The van der Waals surface area contributed by atoms with Crippen LogP contribution >= 0.6 is 0 Å². The number of carbonyl (C=O) groups excluding carboxylic acids is 2. The average molecular weight is 433 g/mol. The van der Waals surface area contributed by atoms with Crippen molar-refractivity contribution in [3.05, 3.63) is 92.9 Å². The lowest BCUT2D eigenvalue weighted by molar-refractivity contribution is 0.0944. The minimum Gasteiger partial charge on any atom is -0.502 e. The molecule has 164 valence electrons. The summed E-state index contributed by atoms with van der Waals surface area (Å²) in [5.74, 6) is -1.23. The van der Waals surface area contributed by atoms with E-state index >= 15 is 0 Å². The van der Waals surface area contributed by atoms with Crippen LogP contribution in [0.4, 0.5) is 0 Å². The number of nitrogens with one attached hydrogen (secondary N) is 2. The number of aromatic hydroxyl groups is 1. The van der Waals surface area contributed by atoms with Crippen molar-refractivity contribution in [2.24, 2.45) is 0 Å². The number of ketones is 1. The molecule has 4 rings (SSSR count). The van der Waals surface area contributed by atoms with Gasteiger partial charge in [0.05, 0.1) is 11.6 Å². The van der Waals surface area contributed by atoms with E-state index in [2.05, 4.69) is 10.7 Å². The number of carbonyl (C=O) groups is 2. The third kappa shape index (κ3) is 3.60. The summed E-state index contributed by atoms with van der Waals surface area (Å²) in [6.45, 7) is 1.99. The summed E-state index contributed by atoms with van der Waals surface area (Å²) in [5.41, 5.74) is 4.52. The highest BCUT2D eigenvalue weighted by Crippen LogP contribution is 2.36. The average Bonchev–Trinajstić information content (AvgIpc) is 2.98. The predicted octanol–water partition coefficient (Wildman–Crippen LogP) is 2.73. The molecular formula is C24H23N3O5. The van der Waals surface area contributed by atoms with Gasteiger partial charge in [-0.3, -0.25) is 19.1 Å². The van der Waals surface area contributed by atoms with Crippen LogP contribution in [-0.2, 0) is 6.61 Å². The second-order valence-electron chi connectivity index (χ2n) is 7.38. The molecule has 0 saturated carbocycles. The highest BCUT2D eigenvalue weighted by Gasteiger charge is 2.28. The van der Waals surface area contributed by atoms with Gasteiger partial charge in [-0.15, -0.1) is 0 Å². The number of benzene rings is 2. The second-order valence-corrected chi connectivity index (χ2v) is 7.38. The number of amides is 1. The van der Waals surface area contributed by atoms with Gasteiger partial charge in [-0.05, 0) is 17.2 Å². The summed E-state index contributed by atoms with van der Waals surface area (Å²) >= 11 is 0. The lowest BCUT2D eigenvalue weighted by Gasteiger charge is -2.25. The number of para-hydroxylation sites is 1. The topological polar surface area (TPSA) is 110 Å². The van der Waals surface area contributed by atoms with Crippen molar-refractivity contribution in [3.63, 3.8) is 0 Å². The van der Waals surface area contributed by atoms with Crippen molar-refractivity contribution in [1.29, 1.82) is 0 Å². The molecule has 1 unspecified atom stereocenters. The first-order chi connectivity index (χ1) is 15.5. The molecule has 8 nitrogen and oxygen atoms in total. The lowest BCUT2D eigenvalue weighted by atomic mass is 9.95. The van der Waals surface area contributed by atoms with Crippen LogP contribution in [0.2, 0.25) is 0 Å². The molecule has 1 aliphatic rings. The van der Waals surface area contributed by atoms with Gasteiger partial charge < -0.3 is 20.6 Å². The summed E-state index contributed by atoms with van der Waals surface area (Å²) in [4.78, 5) is 37.5. The number of aromatic nitrogens is 1. The summed E-state index contributed by atoms with van der Waals surface area (Å²) in [6, 6.07) is 14.7. The summed E-state index contributed by atoms with van der Waals surface area (Å²) < 4.78 is 7.23. The zero-order valence-electron chi connectivity index (χ0n) is 17.7. The molecule has 3 N–H and O–H groups in total. The monoisotopic (exact) mass is 433 g/mol. The van der Waals surface area contributed by atoms with E-state index in [-0.39, 0.29) is 17.7 Å². The number of rotatable bonds is 5. The number of ether oxygens (including phenoxy) is 1. The number of Topliss-reactive ketones (excluding diaryl/α,β-unsaturated/α-hetero) is 1. The van der Waals surface area contributed by atoms with Gasteiger partial charge in [0.2, 0.25) is 5.43 Å². The van der Waals surface area contributed by atoms with Crippen molar-refractivity contribution < 1.29 is 19.4 Å². The smallest absolute Gasteiger partial charge is 0.273 e.